The van der Waals surface area contributed by atoms with Crippen molar-refractivity contribution in [2.45, 2.75) is 13.5 Å². The third kappa shape index (κ3) is 3.93. The van der Waals surface area contributed by atoms with E-state index in [0.29, 0.717) is 23.0 Å². The Morgan fingerprint density at radius 1 is 1.20 bits per heavy atom. The molecule has 3 heterocycles. The van der Waals surface area contributed by atoms with Crippen molar-refractivity contribution in [3.63, 3.8) is 0 Å². The number of nitrogens with one attached hydrogen (secondary N) is 1. The fourth-order valence-electron chi connectivity index (χ4n) is 2.81. The van der Waals surface area contributed by atoms with E-state index in [1.54, 1.807) is 38.2 Å². The summed E-state index contributed by atoms with van der Waals surface area (Å²) in [4.78, 5) is 24.6. The number of benzene rings is 1. The molecule has 0 unspecified atom stereocenters. The summed E-state index contributed by atoms with van der Waals surface area (Å²) >= 11 is 0. The average molecular weight is 413 g/mol. The highest BCUT2D eigenvalue weighted by atomic mass is 16.7. The molecule has 3 aromatic rings. The van der Waals surface area contributed by atoms with Crippen LogP contribution < -0.4 is 19.5 Å². The van der Waals surface area contributed by atoms with Crippen molar-refractivity contribution in [3.8, 4) is 17.2 Å². The maximum atomic E-state index is 12.5. The Labute approximate surface area is 171 Å². The lowest BCUT2D eigenvalue weighted by molar-refractivity contribution is 0.0527. The summed E-state index contributed by atoms with van der Waals surface area (Å²) in [5.74, 6) is 1.49. The number of hydrogen-bond acceptors (Lipinski definition) is 8. The van der Waals surface area contributed by atoms with Crippen LogP contribution in [0, 0.1) is 0 Å². The summed E-state index contributed by atoms with van der Waals surface area (Å²) in [5.41, 5.74) is 0.158. The van der Waals surface area contributed by atoms with Crippen LogP contribution in [0.3, 0.4) is 0 Å². The maximum Gasteiger partial charge on any atom is 0.343 e. The minimum atomic E-state index is -0.571. The molecule has 0 bridgehead atoms. The van der Waals surface area contributed by atoms with E-state index in [1.165, 1.54) is 16.9 Å². The van der Waals surface area contributed by atoms with Crippen LogP contribution in [0.4, 0.5) is 5.82 Å². The molecule has 0 spiro atoms. The lowest BCUT2D eigenvalue weighted by Gasteiger charge is -2.07. The topological polar surface area (TPSA) is 114 Å². The number of carbonyl (C=O) groups is 2. The van der Waals surface area contributed by atoms with E-state index in [1.807, 2.05) is 0 Å². The van der Waals surface area contributed by atoms with E-state index >= 15 is 0 Å². The first-order valence-electron chi connectivity index (χ1n) is 9.16. The third-order valence-electron chi connectivity index (χ3n) is 4.28. The molecule has 1 N–H and O–H groups in total. The van der Waals surface area contributed by atoms with E-state index in [9.17, 15) is 9.59 Å². The van der Waals surface area contributed by atoms with Gasteiger partial charge in [-0.1, -0.05) is 0 Å². The van der Waals surface area contributed by atoms with Crippen LogP contribution in [0.1, 0.15) is 33.6 Å². The van der Waals surface area contributed by atoms with Crippen LogP contribution >= 0.6 is 0 Å². The molecule has 0 saturated carbocycles. The number of rotatable bonds is 7. The minimum Gasteiger partial charge on any atom is -0.486 e. The summed E-state index contributed by atoms with van der Waals surface area (Å²) < 4.78 is 28.1. The monoisotopic (exact) mass is 413 g/mol. The van der Waals surface area contributed by atoms with Gasteiger partial charge in [-0.2, -0.15) is 5.10 Å². The molecular weight excluding hydrogens is 394 g/mol. The summed E-state index contributed by atoms with van der Waals surface area (Å²) in [6, 6.07) is 8.39. The van der Waals surface area contributed by atoms with Gasteiger partial charge >= 0.3 is 5.97 Å². The van der Waals surface area contributed by atoms with Crippen molar-refractivity contribution in [3.05, 3.63) is 53.6 Å². The Balaban J connectivity index is 1.40. The molecule has 0 radical (unpaired) electrons. The highest BCUT2D eigenvalue weighted by molar-refractivity contribution is 6.05. The van der Waals surface area contributed by atoms with Gasteiger partial charge in [0.25, 0.3) is 5.91 Å². The molecule has 10 nitrogen and oxygen atoms in total. The number of esters is 1. The van der Waals surface area contributed by atoms with E-state index in [0.717, 1.165) is 0 Å². The highest BCUT2D eigenvalue weighted by Gasteiger charge is 2.21. The summed E-state index contributed by atoms with van der Waals surface area (Å²) in [5, 5.41) is 6.62. The second kappa shape index (κ2) is 8.19. The number of carbonyl (C=O) groups excluding carboxylic acids is 2. The third-order valence-corrected chi connectivity index (χ3v) is 4.28. The van der Waals surface area contributed by atoms with Gasteiger partial charge in [-0.25, -0.2) is 4.79 Å². The number of ether oxygens (including phenoxy) is 4. The van der Waals surface area contributed by atoms with Crippen LogP contribution in [0.2, 0.25) is 0 Å². The van der Waals surface area contributed by atoms with Crippen LogP contribution in [0.5, 0.6) is 17.2 Å². The van der Waals surface area contributed by atoms with Gasteiger partial charge < -0.3 is 28.7 Å². The SMILES string of the molecule is CCOC(=O)c1cnn(C)c1NC(=O)c1ccc(COc2ccc3c(c2)OCO3)o1. The van der Waals surface area contributed by atoms with Gasteiger partial charge in [0.1, 0.15) is 29.5 Å². The second-order valence-electron chi connectivity index (χ2n) is 6.27. The second-order valence-corrected chi connectivity index (χ2v) is 6.27. The number of fused-ring (bicyclic) bond motifs is 1. The van der Waals surface area contributed by atoms with Crippen LogP contribution in [0.15, 0.2) is 40.9 Å². The normalized spacial score (nSPS) is 11.9. The zero-order valence-electron chi connectivity index (χ0n) is 16.3. The maximum absolute atomic E-state index is 12.5. The van der Waals surface area contributed by atoms with Gasteiger partial charge in [0.05, 0.1) is 12.8 Å². The van der Waals surface area contributed by atoms with Gasteiger partial charge in [0.15, 0.2) is 17.3 Å². The molecule has 0 aliphatic carbocycles. The molecule has 1 aliphatic rings. The molecule has 1 amide bonds. The lowest BCUT2D eigenvalue weighted by Crippen LogP contribution is -2.17. The number of nitrogens with zero attached hydrogens (tertiary/aromatic N) is 2. The standard InChI is InChI=1S/C20H19N3O7/c1-3-26-20(25)14-9-21-23(2)18(14)22-19(24)16-7-5-13(30-16)10-27-12-4-6-15-17(8-12)29-11-28-15/h4-9H,3,10-11H2,1-2H3,(H,22,24). The Morgan fingerprint density at radius 2 is 2.03 bits per heavy atom. The zero-order valence-corrected chi connectivity index (χ0v) is 16.3. The summed E-state index contributed by atoms with van der Waals surface area (Å²) in [6.07, 6.45) is 1.33. The largest absolute Gasteiger partial charge is 0.486 e. The first-order chi connectivity index (χ1) is 14.5. The minimum absolute atomic E-state index is 0.0651. The van der Waals surface area contributed by atoms with Crippen molar-refractivity contribution >= 4 is 17.7 Å². The molecule has 1 aromatic carbocycles. The fourth-order valence-corrected chi connectivity index (χ4v) is 2.81. The van der Waals surface area contributed by atoms with Crippen LogP contribution in [-0.2, 0) is 18.4 Å². The molecule has 0 atom stereocenters. The lowest BCUT2D eigenvalue weighted by atomic mass is 10.3. The Bertz CT molecular complexity index is 1090. The molecule has 1 aliphatic heterocycles. The van der Waals surface area contributed by atoms with Crippen molar-refractivity contribution in [1.29, 1.82) is 0 Å². The molecule has 30 heavy (non-hydrogen) atoms. The highest BCUT2D eigenvalue weighted by Crippen LogP contribution is 2.35. The summed E-state index contributed by atoms with van der Waals surface area (Å²) in [6.45, 7) is 2.21. The van der Waals surface area contributed by atoms with Gasteiger partial charge in [0, 0.05) is 13.1 Å². The predicted molar refractivity (Wildman–Crippen MR) is 103 cm³/mol. The molecule has 0 saturated heterocycles. The van der Waals surface area contributed by atoms with E-state index in [-0.39, 0.29) is 37.1 Å². The first-order valence-corrected chi connectivity index (χ1v) is 9.16. The van der Waals surface area contributed by atoms with Crippen molar-refractivity contribution < 1.29 is 33.0 Å². The number of aryl methyl sites for hydroxylation is 1. The summed E-state index contributed by atoms with van der Waals surface area (Å²) in [7, 11) is 1.60. The van der Waals surface area contributed by atoms with Crippen molar-refractivity contribution in [2.24, 2.45) is 7.05 Å². The number of hydrogen-bond donors (Lipinski definition) is 1. The molecule has 156 valence electrons. The van der Waals surface area contributed by atoms with Crippen LogP contribution in [0.25, 0.3) is 0 Å². The number of aromatic nitrogens is 2. The predicted octanol–water partition coefficient (Wildman–Crippen LogP) is 2.75. The van der Waals surface area contributed by atoms with Gasteiger partial charge in [-0.3, -0.25) is 9.48 Å². The number of anilines is 1. The molecule has 10 heteroatoms. The average Bonchev–Trinajstić information content (AvgIpc) is 3.47. The van der Waals surface area contributed by atoms with Crippen molar-refractivity contribution in [2.75, 3.05) is 18.7 Å². The quantitative estimate of drug-likeness (QED) is 0.588. The van der Waals surface area contributed by atoms with E-state index < -0.39 is 11.9 Å². The molecule has 0 fully saturated rings. The van der Waals surface area contributed by atoms with E-state index in [4.69, 9.17) is 23.4 Å². The van der Waals surface area contributed by atoms with E-state index in [2.05, 4.69) is 10.4 Å². The molecule has 4 rings (SSSR count). The van der Waals surface area contributed by atoms with Gasteiger partial charge in [0.2, 0.25) is 6.79 Å². The Morgan fingerprint density at radius 3 is 2.87 bits per heavy atom. The first kappa shape index (κ1) is 19.4. The molecule has 2 aromatic heterocycles. The Hall–Kier alpha value is -3.95. The van der Waals surface area contributed by atoms with Gasteiger partial charge in [-0.05, 0) is 31.2 Å². The zero-order chi connectivity index (χ0) is 21.1. The number of furan rings is 1. The number of amides is 1. The molecular formula is C20H19N3O7. The Kier molecular flexibility index (Phi) is 5.29. The fraction of sp³-hybridized carbons (Fsp3) is 0.250. The van der Waals surface area contributed by atoms with Crippen molar-refractivity contribution in [1.82, 2.24) is 9.78 Å². The van der Waals surface area contributed by atoms with Gasteiger partial charge in [-0.15, -0.1) is 0 Å². The van der Waals surface area contributed by atoms with Crippen LogP contribution in [-0.4, -0.2) is 35.1 Å². The smallest absolute Gasteiger partial charge is 0.343 e.